The summed E-state index contributed by atoms with van der Waals surface area (Å²) in [4.78, 5) is 6.12. The van der Waals surface area contributed by atoms with Crippen molar-refractivity contribution in [2.24, 2.45) is 0 Å². The lowest BCUT2D eigenvalue weighted by molar-refractivity contribution is -0.907. The maximum absolute atomic E-state index is 5.43. The highest BCUT2D eigenvalue weighted by molar-refractivity contribution is 7.18. The van der Waals surface area contributed by atoms with Crippen molar-refractivity contribution in [2.75, 3.05) is 21.3 Å². The van der Waals surface area contributed by atoms with Crippen LogP contribution in [0, 0.1) is 6.92 Å². The topological polar surface area (TPSA) is 35.8 Å². The smallest absolute Gasteiger partial charge is 0.161 e. The lowest BCUT2D eigenvalue weighted by Gasteiger charge is -2.16. The molecule has 3 aromatic rings. The summed E-state index contributed by atoms with van der Waals surface area (Å²) in [5.74, 6) is 1.56. The molecule has 0 spiro atoms. The van der Waals surface area contributed by atoms with Gasteiger partial charge in [0.1, 0.15) is 18.1 Å². The van der Waals surface area contributed by atoms with E-state index in [0.717, 1.165) is 30.1 Å². The Morgan fingerprint density at radius 1 is 1.04 bits per heavy atom. The molecule has 0 aliphatic rings. The van der Waals surface area contributed by atoms with Gasteiger partial charge in [0, 0.05) is 5.56 Å². The zero-order chi connectivity index (χ0) is 17.1. The molecule has 3 rings (SSSR count). The Hall–Kier alpha value is -2.11. The fourth-order valence-corrected chi connectivity index (χ4v) is 3.94. The van der Waals surface area contributed by atoms with Gasteiger partial charge < -0.3 is 14.4 Å². The second-order valence-corrected chi connectivity index (χ2v) is 7.13. The molecule has 0 aliphatic carbocycles. The summed E-state index contributed by atoms with van der Waals surface area (Å²) >= 11 is 1.78. The summed E-state index contributed by atoms with van der Waals surface area (Å²) in [6, 6.07) is 12.4. The molecule has 4 nitrogen and oxygen atoms in total. The van der Waals surface area contributed by atoms with Crippen molar-refractivity contribution < 1.29 is 14.4 Å². The SMILES string of the molecule is COc1cc(C)c(C[NH+](C)Cc2nc3ccccc3s2)cc1OC. The van der Waals surface area contributed by atoms with Gasteiger partial charge in [-0.2, -0.15) is 0 Å². The maximum Gasteiger partial charge on any atom is 0.161 e. The fraction of sp³-hybridized carbons (Fsp3) is 0.316. The minimum absolute atomic E-state index is 0.780. The van der Waals surface area contributed by atoms with E-state index in [1.807, 2.05) is 12.1 Å². The molecule has 126 valence electrons. The summed E-state index contributed by atoms with van der Waals surface area (Å²) in [6.07, 6.45) is 0. The zero-order valence-electron chi connectivity index (χ0n) is 14.6. The van der Waals surface area contributed by atoms with E-state index in [-0.39, 0.29) is 0 Å². The van der Waals surface area contributed by atoms with Gasteiger partial charge in [-0.3, -0.25) is 0 Å². The monoisotopic (exact) mass is 343 g/mol. The molecular formula is C19H23N2O2S+. The van der Waals surface area contributed by atoms with Gasteiger partial charge in [0.25, 0.3) is 0 Å². The van der Waals surface area contributed by atoms with E-state index in [4.69, 9.17) is 14.5 Å². The van der Waals surface area contributed by atoms with Crippen molar-refractivity contribution in [3.8, 4) is 11.5 Å². The number of nitrogens with zero attached hydrogens (tertiary/aromatic N) is 1. The molecule has 1 aromatic heterocycles. The molecule has 0 aliphatic heterocycles. The maximum atomic E-state index is 5.43. The predicted molar refractivity (Wildman–Crippen MR) is 98.2 cm³/mol. The molecule has 5 heteroatoms. The third-order valence-electron chi connectivity index (χ3n) is 4.13. The van der Waals surface area contributed by atoms with Crippen LogP contribution in [-0.2, 0) is 13.1 Å². The van der Waals surface area contributed by atoms with E-state index >= 15 is 0 Å². The van der Waals surface area contributed by atoms with Crippen molar-refractivity contribution in [2.45, 2.75) is 20.0 Å². The first-order valence-electron chi connectivity index (χ1n) is 7.98. The molecule has 0 amide bonds. The Morgan fingerprint density at radius 2 is 1.75 bits per heavy atom. The van der Waals surface area contributed by atoms with Crippen LogP contribution in [-0.4, -0.2) is 26.3 Å². The average molecular weight is 343 g/mol. The standard InChI is InChI=1S/C19H22N2O2S/c1-13-9-16(22-3)17(23-4)10-14(13)11-21(2)12-19-20-15-7-5-6-8-18(15)24-19/h5-10H,11-12H2,1-4H3/p+1. The molecule has 0 saturated carbocycles. The van der Waals surface area contributed by atoms with Crippen LogP contribution in [0.2, 0.25) is 0 Å². The molecule has 2 aromatic carbocycles. The number of aromatic nitrogens is 1. The summed E-state index contributed by atoms with van der Waals surface area (Å²) in [5.41, 5.74) is 3.58. The summed E-state index contributed by atoms with van der Waals surface area (Å²) in [7, 11) is 5.54. The number of hydrogen-bond donors (Lipinski definition) is 1. The van der Waals surface area contributed by atoms with Crippen LogP contribution in [0.5, 0.6) is 11.5 Å². The van der Waals surface area contributed by atoms with Gasteiger partial charge in [-0.05, 0) is 36.8 Å². The van der Waals surface area contributed by atoms with E-state index in [9.17, 15) is 0 Å². The first kappa shape index (κ1) is 16.7. The molecule has 1 N–H and O–H groups in total. The van der Waals surface area contributed by atoms with Crippen molar-refractivity contribution >= 4 is 21.6 Å². The minimum atomic E-state index is 0.780. The van der Waals surface area contributed by atoms with Crippen molar-refractivity contribution in [3.63, 3.8) is 0 Å². The highest BCUT2D eigenvalue weighted by atomic mass is 32.1. The molecule has 0 bridgehead atoms. The second kappa shape index (κ2) is 7.20. The Kier molecular flexibility index (Phi) is 5.02. The minimum Gasteiger partial charge on any atom is -0.493 e. The van der Waals surface area contributed by atoms with Crippen LogP contribution in [0.25, 0.3) is 10.2 Å². The van der Waals surface area contributed by atoms with Crippen molar-refractivity contribution in [1.82, 2.24) is 4.98 Å². The first-order valence-corrected chi connectivity index (χ1v) is 8.79. The van der Waals surface area contributed by atoms with Gasteiger partial charge in [0.2, 0.25) is 0 Å². The lowest BCUT2D eigenvalue weighted by Crippen LogP contribution is -3.06. The number of rotatable bonds is 6. The predicted octanol–water partition coefficient (Wildman–Crippen LogP) is 2.84. The number of nitrogens with one attached hydrogen (secondary N) is 1. The van der Waals surface area contributed by atoms with Gasteiger partial charge in [0.05, 0.1) is 31.5 Å². The van der Waals surface area contributed by atoms with Gasteiger partial charge in [0.15, 0.2) is 11.5 Å². The Morgan fingerprint density at radius 3 is 2.46 bits per heavy atom. The largest absolute Gasteiger partial charge is 0.493 e. The Bertz CT molecular complexity index is 811. The van der Waals surface area contributed by atoms with Crippen LogP contribution in [0.3, 0.4) is 0 Å². The highest BCUT2D eigenvalue weighted by Crippen LogP contribution is 2.30. The number of hydrogen-bond acceptors (Lipinski definition) is 4. The van der Waals surface area contributed by atoms with Gasteiger partial charge >= 0.3 is 0 Å². The number of benzene rings is 2. The van der Waals surface area contributed by atoms with Crippen LogP contribution in [0.4, 0.5) is 0 Å². The van der Waals surface area contributed by atoms with E-state index < -0.39 is 0 Å². The van der Waals surface area contributed by atoms with Gasteiger partial charge in [-0.15, -0.1) is 11.3 Å². The van der Waals surface area contributed by atoms with Crippen LogP contribution >= 0.6 is 11.3 Å². The van der Waals surface area contributed by atoms with Crippen molar-refractivity contribution in [1.29, 1.82) is 0 Å². The van der Waals surface area contributed by atoms with E-state index in [0.29, 0.717) is 0 Å². The third-order valence-corrected chi connectivity index (χ3v) is 5.16. The number of thiazole rings is 1. The summed E-state index contributed by atoms with van der Waals surface area (Å²) < 4.78 is 12.0. The first-order chi connectivity index (χ1) is 11.6. The highest BCUT2D eigenvalue weighted by Gasteiger charge is 2.14. The van der Waals surface area contributed by atoms with Crippen LogP contribution in [0.15, 0.2) is 36.4 Å². The number of quaternary nitrogens is 1. The van der Waals surface area contributed by atoms with E-state index in [1.54, 1.807) is 25.6 Å². The van der Waals surface area contributed by atoms with Crippen LogP contribution < -0.4 is 14.4 Å². The molecule has 0 radical (unpaired) electrons. The normalized spacial score (nSPS) is 12.3. The second-order valence-electron chi connectivity index (χ2n) is 6.02. The van der Waals surface area contributed by atoms with Crippen LogP contribution in [0.1, 0.15) is 16.1 Å². The molecule has 0 fully saturated rings. The molecule has 24 heavy (non-hydrogen) atoms. The number of methoxy groups -OCH3 is 2. The Balaban J connectivity index is 1.75. The summed E-state index contributed by atoms with van der Waals surface area (Å²) in [6.45, 7) is 3.94. The van der Waals surface area contributed by atoms with Crippen molar-refractivity contribution in [3.05, 3.63) is 52.5 Å². The van der Waals surface area contributed by atoms with Gasteiger partial charge in [-0.25, -0.2) is 4.98 Å². The fourth-order valence-electron chi connectivity index (χ4n) is 2.85. The molecular weight excluding hydrogens is 320 g/mol. The quantitative estimate of drug-likeness (QED) is 0.748. The number of fused-ring (bicyclic) bond motifs is 1. The van der Waals surface area contributed by atoms with E-state index in [1.165, 1.54) is 25.7 Å². The average Bonchev–Trinajstić information content (AvgIpc) is 2.98. The third kappa shape index (κ3) is 3.52. The molecule has 0 saturated heterocycles. The van der Waals surface area contributed by atoms with E-state index in [2.05, 4.69) is 38.2 Å². The number of ether oxygens (including phenoxy) is 2. The zero-order valence-corrected chi connectivity index (χ0v) is 15.4. The molecule has 1 heterocycles. The number of aryl methyl sites for hydroxylation is 1. The molecule has 1 atom stereocenters. The summed E-state index contributed by atoms with van der Waals surface area (Å²) in [5, 5.41) is 1.17. The number of para-hydroxylation sites is 1. The van der Waals surface area contributed by atoms with Gasteiger partial charge in [-0.1, -0.05) is 12.1 Å². The molecule has 1 unspecified atom stereocenters. The Labute approximate surface area is 146 Å². The lowest BCUT2D eigenvalue weighted by atomic mass is 10.1.